The first-order chi connectivity index (χ1) is 45.8. The Labute approximate surface area is 581 Å². The normalized spacial score (nSPS) is 14.4. The molecule has 0 saturated heterocycles. The molecular formula is C76H148O17P2. The van der Waals surface area contributed by atoms with E-state index in [0.717, 1.165) is 108 Å². The van der Waals surface area contributed by atoms with E-state index in [1.165, 1.54) is 199 Å². The number of aliphatic hydroxyl groups excluding tert-OH is 1. The molecule has 0 rings (SSSR count). The molecule has 3 N–H and O–H groups in total. The van der Waals surface area contributed by atoms with Gasteiger partial charge in [0.15, 0.2) is 12.2 Å². The van der Waals surface area contributed by atoms with E-state index in [1.54, 1.807) is 0 Å². The zero-order valence-corrected chi connectivity index (χ0v) is 63.9. The van der Waals surface area contributed by atoms with Crippen molar-refractivity contribution >= 4 is 39.5 Å². The number of unbranched alkanes of at least 4 members (excludes halogenated alkanes) is 41. The van der Waals surface area contributed by atoms with Gasteiger partial charge in [0.1, 0.15) is 19.3 Å². The van der Waals surface area contributed by atoms with Gasteiger partial charge in [-0.25, -0.2) is 9.13 Å². The standard InChI is InChI=1S/C76H148O17P2/c1-8-10-11-12-13-14-15-18-22-29-38-45-52-59-75(80)93-72(64-87-74(79)58-51-44-37-32-31-34-41-48-55-68(5)6)66-91-95(84,85)89-62-70(77)61-88-94(82,83)90-65-71(63-86-73(78)57-50-43-36-28-25-24-27-35-42-49-56-69(7)9-2)92-76(81)60-53-46-39-30-23-20-17-16-19-21-26-33-40-47-54-67(3)4/h67-72,77H,8-66H2,1-7H3,(H,82,83)(H,84,85)/t69?,70-,71-,72-/m1/s1. The van der Waals surface area contributed by atoms with Crippen molar-refractivity contribution in [1.29, 1.82) is 0 Å². The third-order valence-electron chi connectivity index (χ3n) is 18.0. The molecule has 564 valence electrons. The molecule has 0 aromatic carbocycles. The topological polar surface area (TPSA) is 237 Å². The van der Waals surface area contributed by atoms with Crippen molar-refractivity contribution in [2.45, 2.75) is 407 Å². The van der Waals surface area contributed by atoms with Crippen LogP contribution in [0.2, 0.25) is 0 Å². The third-order valence-corrected chi connectivity index (χ3v) is 19.9. The largest absolute Gasteiger partial charge is 0.472 e. The minimum atomic E-state index is -4.96. The molecule has 0 amide bonds. The Morgan fingerprint density at radius 3 is 0.800 bits per heavy atom. The molecule has 0 radical (unpaired) electrons. The van der Waals surface area contributed by atoms with Crippen LogP contribution in [0, 0.1) is 17.8 Å². The molecule has 6 atom stereocenters. The molecule has 0 aromatic heterocycles. The fourth-order valence-electron chi connectivity index (χ4n) is 11.6. The van der Waals surface area contributed by atoms with Gasteiger partial charge < -0.3 is 33.8 Å². The Morgan fingerprint density at radius 1 is 0.305 bits per heavy atom. The predicted molar refractivity (Wildman–Crippen MR) is 386 cm³/mol. The van der Waals surface area contributed by atoms with Gasteiger partial charge in [-0.2, -0.15) is 0 Å². The summed E-state index contributed by atoms with van der Waals surface area (Å²) in [6.07, 6.45) is 52.6. The lowest BCUT2D eigenvalue weighted by Crippen LogP contribution is -2.30. The molecule has 0 aliphatic heterocycles. The number of hydrogen-bond acceptors (Lipinski definition) is 15. The number of hydrogen-bond donors (Lipinski definition) is 3. The van der Waals surface area contributed by atoms with Crippen molar-refractivity contribution < 1.29 is 80.2 Å². The van der Waals surface area contributed by atoms with Crippen molar-refractivity contribution in [2.75, 3.05) is 39.6 Å². The second-order valence-electron chi connectivity index (χ2n) is 28.6. The minimum absolute atomic E-state index is 0.107. The van der Waals surface area contributed by atoms with E-state index in [-0.39, 0.29) is 25.7 Å². The van der Waals surface area contributed by atoms with Gasteiger partial charge in [0.2, 0.25) is 0 Å². The molecule has 0 aliphatic carbocycles. The molecule has 0 heterocycles. The monoisotopic (exact) mass is 1400 g/mol. The number of aliphatic hydroxyl groups is 1. The average Bonchev–Trinajstić information content (AvgIpc) is 2.76. The minimum Gasteiger partial charge on any atom is -0.462 e. The van der Waals surface area contributed by atoms with Crippen LogP contribution in [0.25, 0.3) is 0 Å². The van der Waals surface area contributed by atoms with E-state index in [9.17, 15) is 43.2 Å². The fraction of sp³-hybridized carbons (Fsp3) is 0.947. The van der Waals surface area contributed by atoms with Gasteiger partial charge in [-0.1, -0.05) is 337 Å². The highest BCUT2D eigenvalue weighted by molar-refractivity contribution is 7.47. The maximum Gasteiger partial charge on any atom is 0.472 e. The van der Waals surface area contributed by atoms with Crippen molar-refractivity contribution in [3.63, 3.8) is 0 Å². The van der Waals surface area contributed by atoms with Gasteiger partial charge in [0.25, 0.3) is 0 Å². The van der Waals surface area contributed by atoms with Gasteiger partial charge in [-0.3, -0.25) is 37.3 Å². The number of carbonyl (C=O) groups is 4. The maximum atomic E-state index is 13.1. The quantitative estimate of drug-likeness (QED) is 0.0222. The second kappa shape index (κ2) is 66.6. The predicted octanol–water partition coefficient (Wildman–Crippen LogP) is 22.2. The van der Waals surface area contributed by atoms with Gasteiger partial charge in [0.05, 0.1) is 26.4 Å². The van der Waals surface area contributed by atoms with E-state index in [2.05, 4.69) is 48.5 Å². The molecule has 19 heteroatoms. The number of ether oxygens (including phenoxy) is 4. The molecule has 0 spiro atoms. The molecule has 3 unspecified atom stereocenters. The summed E-state index contributed by atoms with van der Waals surface area (Å²) in [6, 6.07) is 0. The number of rotatable bonds is 74. The van der Waals surface area contributed by atoms with E-state index in [0.29, 0.717) is 25.7 Å². The molecular weight excluding hydrogens is 1250 g/mol. The second-order valence-corrected chi connectivity index (χ2v) is 31.5. The number of esters is 4. The van der Waals surface area contributed by atoms with Crippen LogP contribution in [0.15, 0.2) is 0 Å². The fourth-order valence-corrected chi connectivity index (χ4v) is 13.1. The van der Waals surface area contributed by atoms with Crippen LogP contribution in [-0.4, -0.2) is 96.7 Å². The number of phosphoric ester groups is 2. The molecule has 17 nitrogen and oxygen atoms in total. The SMILES string of the molecule is CCCCCCCCCCCCCCCC(=O)O[C@H](COC(=O)CCCCCCCCCCC(C)C)COP(=O)(O)OC[C@H](O)COP(=O)(O)OC[C@@H](COC(=O)CCCCCCCCCCCCC(C)CC)OC(=O)CCCCCCCCCCCCCCCCC(C)C. The van der Waals surface area contributed by atoms with Crippen LogP contribution in [0.1, 0.15) is 389 Å². The third kappa shape index (κ3) is 69.0. The van der Waals surface area contributed by atoms with Crippen LogP contribution in [0.4, 0.5) is 0 Å². The summed E-state index contributed by atoms with van der Waals surface area (Å²) in [7, 11) is -9.91. The summed E-state index contributed by atoms with van der Waals surface area (Å²) in [5, 5.41) is 10.6. The summed E-state index contributed by atoms with van der Waals surface area (Å²) >= 11 is 0. The van der Waals surface area contributed by atoms with Crippen molar-refractivity contribution in [3.8, 4) is 0 Å². The summed E-state index contributed by atoms with van der Waals surface area (Å²) in [5.41, 5.74) is 0. The highest BCUT2D eigenvalue weighted by atomic mass is 31.2. The highest BCUT2D eigenvalue weighted by Gasteiger charge is 2.30. The van der Waals surface area contributed by atoms with Gasteiger partial charge in [-0.05, 0) is 43.4 Å². The summed E-state index contributed by atoms with van der Waals surface area (Å²) in [4.78, 5) is 72.8. The average molecular weight is 1400 g/mol. The zero-order chi connectivity index (χ0) is 70.1. The van der Waals surface area contributed by atoms with E-state index in [1.807, 2.05) is 0 Å². The Hall–Kier alpha value is -1.94. The Kier molecular flexibility index (Phi) is 65.2. The summed E-state index contributed by atoms with van der Waals surface area (Å²) in [5.74, 6) is 0.215. The molecule has 0 saturated carbocycles. The molecule has 0 aromatic rings. The molecule has 0 bridgehead atoms. The van der Waals surface area contributed by atoms with Crippen molar-refractivity contribution in [2.24, 2.45) is 17.8 Å². The lowest BCUT2D eigenvalue weighted by atomic mass is 9.99. The number of carbonyl (C=O) groups excluding carboxylic acids is 4. The molecule has 0 fully saturated rings. The maximum absolute atomic E-state index is 13.1. The number of phosphoric acid groups is 2. The van der Waals surface area contributed by atoms with Gasteiger partial charge >= 0.3 is 39.5 Å². The van der Waals surface area contributed by atoms with Crippen LogP contribution in [0.3, 0.4) is 0 Å². The Morgan fingerprint density at radius 2 is 0.537 bits per heavy atom. The highest BCUT2D eigenvalue weighted by Crippen LogP contribution is 2.45. The van der Waals surface area contributed by atoms with Crippen LogP contribution < -0.4 is 0 Å². The van der Waals surface area contributed by atoms with Crippen LogP contribution in [-0.2, 0) is 65.4 Å². The summed E-state index contributed by atoms with van der Waals surface area (Å²) < 4.78 is 68.5. The lowest BCUT2D eigenvalue weighted by Gasteiger charge is -2.21. The van der Waals surface area contributed by atoms with E-state index < -0.39 is 97.5 Å². The summed E-state index contributed by atoms with van der Waals surface area (Å²) in [6.45, 7) is 11.9. The first kappa shape index (κ1) is 93.1. The first-order valence-electron chi connectivity index (χ1n) is 39.4. The van der Waals surface area contributed by atoms with E-state index in [4.69, 9.17) is 37.0 Å². The Balaban J connectivity index is 5.26. The van der Waals surface area contributed by atoms with Gasteiger partial charge in [-0.15, -0.1) is 0 Å². The lowest BCUT2D eigenvalue weighted by molar-refractivity contribution is -0.161. The van der Waals surface area contributed by atoms with Crippen LogP contribution in [0.5, 0.6) is 0 Å². The zero-order valence-electron chi connectivity index (χ0n) is 62.1. The van der Waals surface area contributed by atoms with Crippen LogP contribution >= 0.6 is 15.6 Å². The first-order valence-corrected chi connectivity index (χ1v) is 42.4. The molecule has 0 aliphatic rings. The van der Waals surface area contributed by atoms with E-state index >= 15 is 0 Å². The Bertz CT molecular complexity index is 1850. The van der Waals surface area contributed by atoms with Crippen molar-refractivity contribution in [3.05, 3.63) is 0 Å². The van der Waals surface area contributed by atoms with Gasteiger partial charge in [0, 0.05) is 25.7 Å². The molecule has 95 heavy (non-hydrogen) atoms. The smallest absolute Gasteiger partial charge is 0.462 e. The van der Waals surface area contributed by atoms with Crippen molar-refractivity contribution in [1.82, 2.24) is 0 Å².